The molecule has 3 heterocycles. The molecule has 0 saturated carbocycles. The van der Waals surface area contributed by atoms with Crippen molar-refractivity contribution in [2.24, 2.45) is 0 Å². The van der Waals surface area contributed by atoms with Crippen LogP contribution in [0.2, 0.25) is 0 Å². The number of halogens is 3. The number of sulfonamides is 1. The number of aryl methyl sites for hydroxylation is 2. The minimum Gasteiger partial charge on any atom is -0.507 e. The molecule has 1 aromatic heterocycles. The van der Waals surface area contributed by atoms with Crippen LogP contribution in [0.15, 0.2) is 18.2 Å². The lowest BCUT2D eigenvalue weighted by atomic mass is 9.98. The third-order valence-electron chi connectivity index (χ3n) is 6.10. The first-order chi connectivity index (χ1) is 14.9. The predicted molar refractivity (Wildman–Crippen MR) is 114 cm³/mol. The van der Waals surface area contributed by atoms with Crippen LogP contribution >= 0.6 is 0 Å². The fraction of sp³-hybridized carbons (Fsp3) is 0.524. The molecule has 0 unspecified atom stereocenters. The van der Waals surface area contributed by atoms with Crippen LogP contribution in [0, 0.1) is 6.92 Å². The summed E-state index contributed by atoms with van der Waals surface area (Å²) < 4.78 is 64.8. The minimum atomic E-state index is -4.55. The van der Waals surface area contributed by atoms with Crippen molar-refractivity contribution in [2.75, 3.05) is 30.8 Å². The fourth-order valence-electron chi connectivity index (χ4n) is 4.69. The number of hydrogen-bond donors (Lipinski definition) is 1. The van der Waals surface area contributed by atoms with E-state index in [0.717, 1.165) is 43.9 Å². The Morgan fingerprint density at radius 2 is 1.91 bits per heavy atom. The van der Waals surface area contributed by atoms with Crippen molar-refractivity contribution in [3.63, 3.8) is 0 Å². The van der Waals surface area contributed by atoms with E-state index in [-0.39, 0.29) is 17.2 Å². The van der Waals surface area contributed by atoms with Crippen molar-refractivity contribution in [1.82, 2.24) is 14.5 Å². The van der Waals surface area contributed by atoms with Gasteiger partial charge in [0.1, 0.15) is 5.75 Å². The Bertz CT molecular complexity index is 1110. The number of fused-ring (bicyclic) bond motifs is 1. The van der Waals surface area contributed by atoms with E-state index in [0.29, 0.717) is 30.7 Å². The fourth-order valence-corrected chi connectivity index (χ4v) is 5.86. The van der Waals surface area contributed by atoms with Gasteiger partial charge in [0, 0.05) is 31.2 Å². The summed E-state index contributed by atoms with van der Waals surface area (Å²) in [5.74, 6) is 0.165. The first kappa shape index (κ1) is 22.8. The van der Waals surface area contributed by atoms with E-state index in [9.17, 15) is 26.7 Å². The molecule has 0 spiro atoms. The molecule has 2 aliphatic rings. The van der Waals surface area contributed by atoms with Gasteiger partial charge in [-0.1, -0.05) is 0 Å². The maximum absolute atomic E-state index is 13.0. The van der Waals surface area contributed by atoms with Gasteiger partial charge in [-0.15, -0.1) is 10.2 Å². The molecule has 2 aromatic rings. The average molecular weight is 471 g/mol. The normalized spacial score (nSPS) is 19.9. The number of phenols is 1. The number of aromatic nitrogens is 2. The monoisotopic (exact) mass is 470 g/mol. The quantitative estimate of drug-likeness (QED) is 0.738. The summed E-state index contributed by atoms with van der Waals surface area (Å²) in [6, 6.07) is 3.32. The third-order valence-corrected chi connectivity index (χ3v) is 7.44. The van der Waals surface area contributed by atoms with Crippen LogP contribution in [0.3, 0.4) is 0 Å². The molecule has 4 rings (SSSR count). The Kier molecular flexibility index (Phi) is 5.83. The molecule has 0 aliphatic carbocycles. The van der Waals surface area contributed by atoms with Crippen molar-refractivity contribution in [1.29, 1.82) is 0 Å². The lowest BCUT2D eigenvalue weighted by Gasteiger charge is -2.34. The van der Waals surface area contributed by atoms with Crippen molar-refractivity contribution >= 4 is 15.8 Å². The van der Waals surface area contributed by atoms with Gasteiger partial charge in [0.25, 0.3) is 0 Å². The maximum Gasteiger partial charge on any atom is 0.416 e. The first-order valence-corrected chi connectivity index (χ1v) is 12.3. The second-order valence-corrected chi connectivity index (χ2v) is 10.4. The van der Waals surface area contributed by atoms with Crippen LogP contribution < -0.4 is 4.90 Å². The van der Waals surface area contributed by atoms with E-state index < -0.39 is 27.5 Å². The zero-order valence-electron chi connectivity index (χ0n) is 17.9. The van der Waals surface area contributed by atoms with Gasteiger partial charge in [0.05, 0.1) is 17.5 Å². The van der Waals surface area contributed by atoms with Gasteiger partial charge in [-0.3, -0.25) is 0 Å². The molecule has 174 valence electrons. The minimum absolute atomic E-state index is 0.126. The molecule has 1 saturated heterocycles. The van der Waals surface area contributed by atoms with Crippen LogP contribution in [0.25, 0.3) is 11.3 Å². The Morgan fingerprint density at radius 3 is 2.56 bits per heavy atom. The molecular weight excluding hydrogens is 445 g/mol. The van der Waals surface area contributed by atoms with Gasteiger partial charge in [-0.05, 0) is 61.9 Å². The molecule has 1 atom stereocenters. The Balaban J connectivity index is 1.63. The molecule has 0 bridgehead atoms. The molecule has 7 nitrogen and oxygen atoms in total. The number of phenolic OH excluding ortho intramolecular Hbond substituents is 1. The maximum atomic E-state index is 13.0. The summed E-state index contributed by atoms with van der Waals surface area (Å²) in [6.45, 7) is 3.25. The van der Waals surface area contributed by atoms with Gasteiger partial charge in [0.2, 0.25) is 10.0 Å². The largest absolute Gasteiger partial charge is 0.507 e. The first-order valence-electron chi connectivity index (χ1n) is 10.4. The number of rotatable bonds is 4. The summed E-state index contributed by atoms with van der Waals surface area (Å²) in [5, 5.41) is 18.8. The number of benzene rings is 1. The van der Waals surface area contributed by atoms with Crippen LogP contribution in [-0.2, 0) is 22.6 Å². The van der Waals surface area contributed by atoms with Crippen molar-refractivity contribution < 1.29 is 26.7 Å². The van der Waals surface area contributed by atoms with E-state index in [1.807, 2.05) is 4.90 Å². The van der Waals surface area contributed by atoms with E-state index in [1.165, 1.54) is 17.5 Å². The highest BCUT2D eigenvalue weighted by molar-refractivity contribution is 7.88. The van der Waals surface area contributed by atoms with Gasteiger partial charge < -0.3 is 10.0 Å². The molecular formula is C21H25F3N4O3S. The second kappa shape index (κ2) is 8.18. The van der Waals surface area contributed by atoms with E-state index in [1.54, 1.807) is 6.07 Å². The van der Waals surface area contributed by atoms with Crippen molar-refractivity contribution in [3.8, 4) is 17.0 Å². The number of anilines is 1. The van der Waals surface area contributed by atoms with Crippen molar-refractivity contribution in [3.05, 3.63) is 34.9 Å². The average Bonchev–Trinajstić information content (AvgIpc) is 3.15. The Hall–Kier alpha value is -2.40. The summed E-state index contributed by atoms with van der Waals surface area (Å²) in [4.78, 5) is 2.03. The molecule has 1 aromatic carbocycles. The molecule has 0 amide bonds. The Labute approximate surface area is 184 Å². The molecule has 1 fully saturated rings. The molecule has 0 radical (unpaired) electrons. The zero-order chi connectivity index (χ0) is 23.3. The smallest absolute Gasteiger partial charge is 0.416 e. The third kappa shape index (κ3) is 4.40. The summed E-state index contributed by atoms with van der Waals surface area (Å²) in [6.07, 6.45) is -0.182. The van der Waals surface area contributed by atoms with E-state index >= 15 is 0 Å². The topological polar surface area (TPSA) is 86.6 Å². The van der Waals surface area contributed by atoms with E-state index in [2.05, 4.69) is 10.2 Å². The van der Waals surface area contributed by atoms with Gasteiger partial charge >= 0.3 is 6.18 Å². The summed E-state index contributed by atoms with van der Waals surface area (Å²) in [7, 11) is -3.28. The van der Waals surface area contributed by atoms with Gasteiger partial charge in [0.15, 0.2) is 5.82 Å². The van der Waals surface area contributed by atoms with Crippen LogP contribution in [-0.4, -0.2) is 60.0 Å². The molecule has 32 heavy (non-hydrogen) atoms. The van der Waals surface area contributed by atoms with Crippen LogP contribution in [0.1, 0.15) is 36.0 Å². The Morgan fingerprint density at radius 1 is 1.16 bits per heavy atom. The van der Waals surface area contributed by atoms with Gasteiger partial charge in [-0.25, -0.2) is 8.42 Å². The molecule has 1 N–H and O–H groups in total. The summed E-state index contributed by atoms with van der Waals surface area (Å²) >= 11 is 0. The lowest BCUT2D eigenvalue weighted by Crippen LogP contribution is -2.44. The summed E-state index contributed by atoms with van der Waals surface area (Å²) in [5.41, 5.74) is 0.760. The number of alkyl halides is 3. The molecule has 2 aliphatic heterocycles. The SMILES string of the molecule is Cc1cc(C(F)(F)F)cc(O)c1-c1cc2c(nn1)N(C[C@@H]1CCCN1S(C)(=O)=O)CCC2. The highest BCUT2D eigenvalue weighted by Gasteiger charge is 2.35. The van der Waals surface area contributed by atoms with Crippen LogP contribution in [0.5, 0.6) is 5.75 Å². The van der Waals surface area contributed by atoms with E-state index in [4.69, 9.17) is 0 Å². The highest BCUT2D eigenvalue weighted by atomic mass is 32.2. The zero-order valence-corrected chi connectivity index (χ0v) is 18.7. The predicted octanol–water partition coefficient (Wildman–Crippen LogP) is 3.35. The number of aromatic hydroxyl groups is 1. The number of hydrogen-bond acceptors (Lipinski definition) is 6. The highest BCUT2D eigenvalue weighted by Crippen LogP contribution is 2.39. The molecule has 11 heteroatoms. The van der Waals surface area contributed by atoms with Gasteiger partial charge in [-0.2, -0.15) is 17.5 Å². The van der Waals surface area contributed by atoms with Crippen LogP contribution in [0.4, 0.5) is 19.0 Å². The standard InChI is InChI=1S/C21H25F3N4O3S/c1-13-9-15(21(22,23)24)11-18(29)19(13)17-10-14-5-3-7-27(20(14)26-25-17)12-16-6-4-8-28(16)32(2,30)31/h9-11,16,29H,3-8,12H2,1-2H3/t16-/m0/s1. The van der Waals surface area contributed by atoms with Crippen molar-refractivity contribution in [2.45, 2.75) is 44.8 Å². The lowest BCUT2D eigenvalue weighted by molar-refractivity contribution is -0.137. The number of nitrogens with zero attached hydrogens (tertiary/aromatic N) is 4. The second-order valence-electron chi connectivity index (χ2n) is 8.48.